The van der Waals surface area contributed by atoms with E-state index in [2.05, 4.69) is 56.4 Å². The van der Waals surface area contributed by atoms with Crippen LogP contribution in [0.5, 0.6) is 0 Å². The van der Waals surface area contributed by atoms with E-state index in [4.69, 9.17) is 5.14 Å². The van der Waals surface area contributed by atoms with Gasteiger partial charge in [-0.25, -0.2) is 23.5 Å². The number of nitrogens with one attached hydrogen (secondary N) is 1. The molecule has 0 bridgehead atoms. The Bertz CT molecular complexity index is 1110. The fraction of sp³-hybridized carbons (Fsp3) is 0.238. The van der Waals surface area contributed by atoms with Crippen LogP contribution in [-0.2, 0) is 10.0 Å². The van der Waals surface area contributed by atoms with Crippen LogP contribution in [-0.4, -0.2) is 56.5 Å². The standard InChI is InChI=1S/C21H24N6O2S/c1-26-12-14-27(15-13-26)18-6-2-16(3-7-18)20-10-11-23-21(25-20)24-17-4-8-19(9-5-17)30(22,28)29/h2-11H,12-15H2,1H3,(H2,22,28,29)(H,23,24,25). The molecule has 1 saturated heterocycles. The van der Waals surface area contributed by atoms with Crippen molar-refractivity contribution in [2.24, 2.45) is 5.14 Å². The fourth-order valence-corrected chi connectivity index (χ4v) is 3.86. The first-order valence-electron chi connectivity index (χ1n) is 9.65. The summed E-state index contributed by atoms with van der Waals surface area (Å²) in [4.78, 5) is 13.6. The monoisotopic (exact) mass is 424 g/mol. The number of primary sulfonamides is 1. The summed E-state index contributed by atoms with van der Waals surface area (Å²) >= 11 is 0. The van der Waals surface area contributed by atoms with Gasteiger partial charge < -0.3 is 15.1 Å². The molecule has 3 aromatic rings. The van der Waals surface area contributed by atoms with E-state index in [1.165, 1.54) is 17.8 Å². The highest BCUT2D eigenvalue weighted by Crippen LogP contribution is 2.24. The topological polar surface area (TPSA) is 104 Å². The van der Waals surface area contributed by atoms with Crippen LogP contribution in [0.15, 0.2) is 65.7 Å². The third kappa shape index (κ3) is 4.76. The van der Waals surface area contributed by atoms with Crippen LogP contribution in [0, 0.1) is 0 Å². The minimum atomic E-state index is -3.71. The molecular weight excluding hydrogens is 400 g/mol. The van der Waals surface area contributed by atoms with Crippen molar-refractivity contribution < 1.29 is 8.42 Å². The second kappa shape index (κ2) is 8.39. The number of aromatic nitrogens is 2. The lowest BCUT2D eigenvalue weighted by atomic mass is 10.1. The van der Waals surface area contributed by atoms with Crippen LogP contribution in [0.4, 0.5) is 17.3 Å². The third-order valence-electron chi connectivity index (χ3n) is 5.13. The van der Waals surface area contributed by atoms with Crippen molar-refractivity contribution in [1.82, 2.24) is 14.9 Å². The summed E-state index contributed by atoms with van der Waals surface area (Å²) in [6.45, 7) is 4.20. The van der Waals surface area contributed by atoms with Crippen molar-refractivity contribution in [3.63, 3.8) is 0 Å². The van der Waals surface area contributed by atoms with Gasteiger partial charge in [-0.15, -0.1) is 0 Å². The molecule has 0 amide bonds. The van der Waals surface area contributed by atoms with E-state index < -0.39 is 10.0 Å². The Morgan fingerprint density at radius 3 is 2.23 bits per heavy atom. The summed E-state index contributed by atoms with van der Waals surface area (Å²) in [5, 5.41) is 8.22. The van der Waals surface area contributed by atoms with Gasteiger partial charge >= 0.3 is 0 Å². The maximum absolute atomic E-state index is 11.4. The molecule has 1 aromatic heterocycles. The van der Waals surface area contributed by atoms with E-state index in [9.17, 15) is 8.42 Å². The van der Waals surface area contributed by atoms with E-state index in [1.54, 1.807) is 18.3 Å². The number of hydrogen-bond donors (Lipinski definition) is 2. The molecule has 9 heteroatoms. The molecular formula is C21H24N6O2S. The summed E-state index contributed by atoms with van der Waals surface area (Å²) in [5.41, 5.74) is 3.70. The lowest BCUT2D eigenvalue weighted by Gasteiger charge is -2.34. The number of benzene rings is 2. The van der Waals surface area contributed by atoms with Gasteiger partial charge in [-0.1, -0.05) is 12.1 Å². The van der Waals surface area contributed by atoms with Crippen LogP contribution >= 0.6 is 0 Å². The number of rotatable bonds is 5. The molecule has 0 saturated carbocycles. The molecule has 0 spiro atoms. The highest BCUT2D eigenvalue weighted by Gasteiger charge is 2.14. The van der Waals surface area contributed by atoms with Crippen LogP contribution < -0.4 is 15.4 Å². The van der Waals surface area contributed by atoms with Crippen LogP contribution in [0.1, 0.15) is 0 Å². The second-order valence-electron chi connectivity index (χ2n) is 7.30. The number of nitrogens with zero attached hydrogens (tertiary/aromatic N) is 4. The summed E-state index contributed by atoms with van der Waals surface area (Å²) in [7, 11) is -1.57. The molecule has 0 radical (unpaired) electrons. The average Bonchev–Trinajstić information content (AvgIpc) is 2.74. The van der Waals surface area contributed by atoms with Gasteiger partial charge in [0.15, 0.2) is 0 Å². The molecule has 4 rings (SSSR count). The van der Waals surface area contributed by atoms with E-state index in [1.807, 2.05) is 6.07 Å². The Hall–Kier alpha value is -3.01. The number of anilines is 3. The molecule has 1 fully saturated rings. The lowest BCUT2D eigenvalue weighted by Crippen LogP contribution is -2.44. The quantitative estimate of drug-likeness (QED) is 0.647. The number of sulfonamides is 1. The Morgan fingerprint density at radius 2 is 1.60 bits per heavy atom. The molecule has 2 heterocycles. The molecule has 2 aromatic carbocycles. The first-order valence-corrected chi connectivity index (χ1v) is 11.2. The Labute approximate surface area is 176 Å². The Kier molecular flexibility index (Phi) is 5.67. The van der Waals surface area contributed by atoms with Crippen molar-refractivity contribution >= 4 is 27.3 Å². The van der Waals surface area contributed by atoms with E-state index >= 15 is 0 Å². The molecule has 8 nitrogen and oxygen atoms in total. The zero-order chi connectivity index (χ0) is 21.1. The second-order valence-corrected chi connectivity index (χ2v) is 8.86. The smallest absolute Gasteiger partial charge is 0.238 e. The van der Waals surface area contributed by atoms with Crippen molar-refractivity contribution in [2.45, 2.75) is 4.90 Å². The van der Waals surface area contributed by atoms with Gasteiger partial charge in [-0.3, -0.25) is 0 Å². The summed E-state index contributed by atoms with van der Waals surface area (Å²) in [5.74, 6) is 0.430. The fourth-order valence-electron chi connectivity index (χ4n) is 3.34. The van der Waals surface area contributed by atoms with Gasteiger partial charge in [-0.05, 0) is 49.5 Å². The summed E-state index contributed by atoms with van der Waals surface area (Å²) in [6, 6.07) is 16.4. The van der Waals surface area contributed by atoms with Crippen molar-refractivity contribution in [3.05, 3.63) is 60.8 Å². The highest BCUT2D eigenvalue weighted by atomic mass is 32.2. The number of hydrogen-bond acceptors (Lipinski definition) is 7. The van der Waals surface area contributed by atoms with Gasteiger partial charge in [0.05, 0.1) is 10.6 Å². The van der Waals surface area contributed by atoms with Crippen LogP contribution in [0.2, 0.25) is 0 Å². The molecule has 0 atom stereocenters. The number of likely N-dealkylation sites (N-methyl/N-ethyl adjacent to an activating group) is 1. The van der Waals surface area contributed by atoms with E-state index in [-0.39, 0.29) is 4.90 Å². The lowest BCUT2D eigenvalue weighted by molar-refractivity contribution is 0.313. The zero-order valence-corrected chi connectivity index (χ0v) is 17.5. The molecule has 156 valence electrons. The van der Waals surface area contributed by atoms with E-state index in [0.717, 1.165) is 37.4 Å². The molecule has 1 aliphatic rings. The van der Waals surface area contributed by atoms with Crippen molar-refractivity contribution in [2.75, 3.05) is 43.4 Å². The minimum absolute atomic E-state index is 0.0585. The highest BCUT2D eigenvalue weighted by molar-refractivity contribution is 7.89. The molecule has 1 aliphatic heterocycles. The van der Waals surface area contributed by atoms with Gasteiger partial charge in [-0.2, -0.15) is 0 Å². The summed E-state index contributed by atoms with van der Waals surface area (Å²) < 4.78 is 22.7. The predicted molar refractivity (Wildman–Crippen MR) is 118 cm³/mol. The molecule has 0 aliphatic carbocycles. The predicted octanol–water partition coefficient (Wildman–Crippen LogP) is 2.29. The molecule has 30 heavy (non-hydrogen) atoms. The van der Waals surface area contributed by atoms with Gasteiger partial charge in [0, 0.05) is 49.3 Å². The van der Waals surface area contributed by atoms with Gasteiger partial charge in [0.2, 0.25) is 16.0 Å². The number of nitrogens with two attached hydrogens (primary N) is 1. The third-order valence-corrected chi connectivity index (χ3v) is 6.06. The van der Waals surface area contributed by atoms with Gasteiger partial charge in [0.1, 0.15) is 0 Å². The van der Waals surface area contributed by atoms with Crippen molar-refractivity contribution in [1.29, 1.82) is 0 Å². The number of piperazine rings is 1. The first kappa shape index (κ1) is 20.3. The van der Waals surface area contributed by atoms with Crippen molar-refractivity contribution in [3.8, 4) is 11.3 Å². The maximum atomic E-state index is 11.4. The van der Waals surface area contributed by atoms with Crippen LogP contribution in [0.3, 0.4) is 0 Å². The largest absolute Gasteiger partial charge is 0.369 e. The van der Waals surface area contributed by atoms with Gasteiger partial charge in [0.25, 0.3) is 0 Å². The molecule has 0 unspecified atom stereocenters. The minimum Gasteiger partial charge on any atom is -0.369 e. The SMILES string of the molecule is CN1CCN(c2ccc(-c3ccnc(Nc4ccc(S(N)(=O)=O)cc4)n3)cc2)CC1. The first-order chi connectivity index (χ1) is 14.4. The average molecular weight is 425 g/mol. The maximum Gasteiger partial charge on any atom is 0.238 e. The summed E-state index contributed by atoms with van der Waals surface area (Å²) in [6.07, 6.45) is 1.69. The van der Waals surface area contributed by atoms with E-state index in [0.29, 0.717) is 11.6 Å². The zero-order valence-electron chi connectivity index (χ0n) is 16.7. The Balaban J connectivity index is 1.48. The molecule has 3 N–H and O–H groups in total. The normalized spacial score (nSPS) is 15.2. The Morgan fingerprint density at radius 1 is 0.933 bits per heavy atom. The van der Waals surface area contributed by atoms with Crippen LogP contribution in [0.25, 0.3) is 11.3 Å².